The van der Waals surface area contributed by atoms with E-state index in [0.29, 0.717) is 5.92 Å². The molecule has 0 amide bonds. The van der Waals surface area contributed by atoms with Gasteiger partial charge in [0.05, 0.1) is 10.7 Å². The Labute approximate surface area is 190 Å². The second kappa shape index (κ2) is 11.6. The Morgan fingerprint density at radius 1 is 1.25 bits per heavy atom. The van der Waals surface area contributed by atoms with Crippen LogP contribution >= 0.6 is 35.3 Å². The number of para-hydroxylation sites is 1. The van der Waals surface area contributed by atoms with Crippen LogP contribution in [0.25, 0.3) is 0 Å². The first-order valence-corrected chi connectivity index (χ1v) is 10.7. The molecule has 2 N–H and O–H groups in total. The lowest BCUT2D eigenvalue weighted by Gasteiger charge is -2.18. The molecule has 0 bridgehead atoms. The van der Waals surface area contributed by atoms with Gasteiger partial charge in [-0.05, 0) is 45.2 Å². The molecule has 0 radical (unpaired) electrons. The molecular formula is C21H32IN5S. The number of nitrogens with zero attached hydrogens (tertiary/aromatic N) is 3. The van der Waals surface area contributed by atoms with Crippen LogP contribution in [0.4, 0.5) is 5.69 Å². The van der Waals surface area contributed by atoms with E-state index >= 15 is 0 Å². The molecular weight excluding hydrogens is 481 g/mol. The number of guanidine groups is 1. The standard InChI is InChI=1S/C21H31N5S.HI/c1-4-22-21(23-12-10-20-25-16(2)17(3)27-20)24-14-18-11-13-26(15-18)19-8-6-5-7-9-19;/h5-9,18H,4,10-15H2,1-3H3,(H2,22,23,24);1H. The van der Waals surface area contributed by atoms with E-state index in [-0.39, 0.29) is 24.0 Å². The number of rotatable bonds is 7. The summed E-state index contributed by atoms with van der Waals surface area (Å²) in [5, 5.41) is 8.01. The Kier molecular flexibility index (Phi) is 9.50. The highest BCUT2D eigenvalue weighted by molar-refractivity contribution is 14.0. The van der Waals surface area contributed by atoms with Crippen molar-refractivity contribution >= 4 is 47.0 Å². The molecule has 7 heteroatoms. The summed E-state index contributed by atoms with van der Waals surface area (Å²) in [5.41, 5.74) is 2.47. The van der Waals surface area contributed by atoms with E-state index in [4.69, 9.17) is 4.99 Å². The molecule has 2 heterocycles. The van der Waals surface area contributed by atoms with Gasteiger partial charge in [-0.1, -0.05) is 18.2 Å². The molecule has 5 nitrogen and oxygen atoms in total. The van der Waals surface area contributed by atoms with Crippen molar-refractivity contribution in [3.8, 4) is 0 Å². The summed E-state index contributed by atoms with van der Waals surface area (Å²) < 4.78 is 0. The molecule has 1 fully saturated rings. The molecule has 1 aromatic carbocycles. The average molecular weight is 513 g/mol. The predicted octanol–water partition coefficient (Wildman–Crippen LogP) is 4.00. The van der Waals surface area contributed by atoms with Crippen LogP contribution < -0.4 is 15.5 Å². The number of thiazole rings is 1. The molecule has 1 aromatic heterocycles. The van der Waals surface area contributed by atoms with Crippen LogP contribution in [0.3, 0.4) is 0 Å². The lowest BCUT2D eigenvalue weighted by molar-refractivity contribution is 0.599. The summed E-state index contributed by atoms with van der Waals surface area (Å²) in [6, 6.07) is 10.7. The van der Waals surface area contributed by atoms with Gasteiger partial charge in [0.2, 0.25) is 0 Å². The molecule has 0 saturated carbocycles. The molecule has 154 valence electrons. The minimum absolute atomic E-state index is 0. The second-order valence-electron chi connectivity index (χ2n) is 7.08. The quantitative estimate of drug-likeness (QED) is 0.334. The maximum atomic E-state index is 4.83. The van der Waals surface area contributed by atoms with E-state index in [1.807, 2.05) is 0 Å². The molecule has 3 rings (SSSR count). The van der Waals surface area contributed by atoms with E-state index in [0.717, 1.165) is 50.8 Å². The predicted molar refractivity (Wildman–Crippen MR) is 131 cm³/mol. The van der Waals surface area contributed by atoms with E-state index in [1.54, 1.807) is 11.3 Å². The van der Waals surface area contributed by atoms with Crippen molar-refractivity contribution < 1.29 is 0 Å². The summed E-state index contributed by atoms with van der Waals surface area (Å²) in [4.78, 5) is 13.2. The molecule has 0 spiro atoms. The molecule has 28 heavy (non-hydrogen) atoms. The Morgan fingerprint density at radius 2 is 2.04 bits per heavy atom. The van der Waals surface area contributed by atoms with Gasteiger partial charge in [0.1, 0.15) is 0 Å². The van der Waals surface area contributed by atoms with Gasteiger partial charge in [0.15, 0.2) is 5.96 Å². The van der Waals surface area contributed by atoms with Crippen molar-refractivity contribution in [2.45, 2.75) is 33.6 Å². The van der Waals surface area contributed by atoms with Gasteiger partial charge >= 0.3 is 0 Å². The third-order valence-electron chi connectivity index (χ3n) is 4.96. The SMILES string of the molecule is CCNC(=NCC1CCN(c2ccccc2)C1)NCCc1nc(C)c(C)s1.I. The summed E-state index contributed by atoms with van der Waals surface area (Å²) in [6.07, 6.45) is 2.14. The smallest absolute Gasteiger partial charge is 0.191 e. The number of hydrogen-bond acceptors (Lipinski definition) is 4. The van der Waals surface area contributed by atoms with Crippen LogP contribution in [0.5, 0.6) is 0 Å². The minimum Gasteiger partial charge on any atom is -0.371 e. The average Bonchev–Trinajstić information content (AvgIpc) is 3.27. The second-order valence-corrected chi connectivity index (χ2v) is 8.37. The molecule has 2 aromatic rings. The fraction of sp³-hybridized carbons (Fsp3) is 0.524. The van der Waals surface area contributed by atoms with Gasteiger partial charge in [0, 0.05) is 49.7 Å². The lowest BCUT2D eigenvalue weighted by atomic mass is 10.1. The Morgan fingerprint density at radius 3 is 2.71 bits per heavy atom. The van der Waals surface area contributed by atoms with Crippen LogP contribution in [-0.4, -0.2) is 43.7 Å². The van der Waals surface area contributed by atoms with Gasteiger partial charge in [0.25, 0.3) is 0 Å². The highest BCUT2D eigenvalue weighted by Crippen LogP contribution is 2.23. The van der Waals surface area contributed by atoms with Crippen LogP contribution in [0.15, 0.2) is 35.3 Å². The van der Waals surface area contributed by atoms with Crippen molar-refractivity contribution in [2.75, 3.05) is 37.6 Å². The highest BCUT2D eigenvalue weighted by Gasteiger charge is 2.22. The van der Waals surface area contributed by atoms with Gasteiger partial charge in [-0.3, -0.25) is 4.99 Å². The summed E-state index contributed by atoms with van der Waals surface area (Å²) in [5.74, 6) is 1.53. The number of anilines is 1. The van der Waals surface area contributed by atoms with E-state index in [2.05, 4.69) is 71.6 Å². The zero-order chi connectivity index (χ0) is 19.1. The number of aryl methyl sites for hydroxylation is 2. The normalized spacial score (nSPS) is 16.8. The summed E-state index contributed by atoms with van der Waals surface area (Å²) in [6.45, 7) is 11.1. The van der Waals surface area contributed by atoms with E-state index in [1.165, 1.54) is 22.0 Å². The molecule has 1 saturated heterocycles. The Bertz CT molecular complexity index is 727. The fourth-order valence-electron chi connectivity index (χ4n) is 3.35. The molecule has 1 unspecified atom stereocenters. The zero-order valence-corrected chi connectivity index (χ0v) is 20.2. The van der Waals surface area contributed by atoms with Crippen molar-refractivity contribution in [1.29, 1.82) is 0 Å². The molecule has 1 aliphatic heterocycles. The monoisotopic (exact) mass is 513 g/mol. The van der Waals surface area contributed by atoms with E-state index < -0.39 is 0 Å². The van der Waals surface area contributed by atoms with Crippen LogP contribution in [-0.2, 0) is 6.42 Å². The first-order valence-electron chi connectivity index (χ1n) is 9.90. The lowest BCUT2D eigenvalue weighted by Crippen LogP contribution is -2.38. The van der Waals surface area contributed by atoms with Crippen LogP contribution in [0, 0.1) is 19.8 Å². The number of aliphatic imine (C=N–C) groups is 1. The Hall–Kier alpha value is -1.35. The van der Waals surface area contributed by atoms with Gasteiger partial charge in [-0.2, -0.15) is 0 Å². The number of benzene rings is 1. The third-order valence-corrected chi connectivity index (χ3v) is 6.10. The van der Waals surface area contributed by atoms with Gasteiger partial charge < -0.3 is 15.5 Å². The van der Waals surface area contributed by atoms with Crippen molar-refractivity contribution in [3.05, 3.63) is 45.9 Å². The fourth-order valence-corrected chi connectivity index (χ4v) is 4.28. The van der Waals surface area contributed by atoms with Gasteiger partial charge in [-0.25, -0.2) is 4.98 Å². The number of halogens is 1. The highest BCUT2D eigenvalue weighted by atomic mass is 127. The topological polar surface area (TPSA) is 52.6 Å². The zero-order valence-electron chi connectivity index (χ0n) is 17.1. The Balaban J connectivity index is 0.00000280. The van der Waals surface area contributed by atoms with E-state index in [9.17, 15) is 0 Å². The molecule has 1 atom stereocenters. The van der Waals surface area contributed by atoms with Crippen molar-refractivity contribution in [1.82, 2.24) is 15.6 Å². The van der Waals surface area contributed by atoms with Crippen molar-refractivity contribution in [3.63, 3.8) is 0 Å². The minimum atomic E-state index is 0. The first kappa shape index (κ1) is 22.9. The summed E-state index contributed by atoms with van der Waals surface area (Å²) >= 11 is 1.79. The van der Waals surface area contributed by atoms with Gasteiger partial charge in [-0.15, -0.1) is 35.3 Å². The maximum Gasteiger partial charge on any atom is 0.191 e. The number of nitrogens with one attached hydrogen (secondary N) is 2. The molecule has 0 aliphatic carbocycles. The number of aromatic nitrogens is 1. The van der Waals surface area contributed by atoms with Crippen molar-refractivity contribution in [2.24, 2.45) is 10.9 Å². The maximum absolute atomic E-state index is 4.83. The number of hydrogen-bond donors (Lipinski definition) is 2. The third kappa shape index (κ3) is 6.62. The van der Waals surface area contributed by atoms with Crippen LogP contribution in [0.1, 0.15) is 28.9 Å². The summed E-state index contributed by atoms with van der Waals surface area (Å²) in [7, 11) is 0. The first-order chi connectivity index (χ1) is 13.2. The molecule has 1 aliphatic rings. The largest absolute Gasteiger partial charge is 0.371 e. The van der Waals surface area contributed by atoms with Crippen LogP contribution in [0.2, 0.25) is 0 Å².